The van der Waals surface area contributed by atoms with E-state index in [4.69, 9.17) is 10.2 Å². The quantitative estimate of drug-likeness (QED) is 0.571. The molecule has 0 aromatic rings. The van der Waals surface area contributed by atoms with Crippen LogP contribution < -0.4 is 0 Å². The molecule has 3 unspecified atom stereocenters. The zero-order valence-corrected chi connectivity index (χ0v) is 12.8. The maximum absolute atomic E-state index is 14.3. The van der Waals surface area contributed by atoms with Gasteiger partial charge < -0.3 is 14.9 Å². The molecule has 0 saturated carbocycles. The Balaban J connectivity index is 6.84. The molecule has 27 heavy (non-hydrogen) atoms. The lowest BCUT2D eigenvalue weighted by atomic mass is 9.81. The summed E-state index contributed by atoms with van der Waals surface area (Å²) in [5, 5.41) is 17.5. The van der Waals surface area contributed by atoms with Crippen LogP contribution in [-0.4, -0.2) is 71.4 Å². The first kappa shape index (κ1) is 26.0. The molecule has 2 N–H and O–H groups in total. The van der Waals surface area contributed by atoms with Gasteiger partial charge in [0.25, 0.3) is 0 Å². The Morgan fingerprint density at radius 2 is 1.11 bits per heavy atom. The van der Waals surface area contributed by atoms with Crippen molar-refractivity contribution in [2.45, 2.75) is 54.9 Å². The lowest BCUT2D eigenvalue weighted by Crippen LogP contribution is -2.75. The second kappa shape index (κ2) is 7.42. The minimum Gasteiger partial charge on any atom is -0.394 e. The third-order valence-electron chi connectivity index (χ3n) is 3.29. The molecule has 0 amide bonds. The predicted octanol–water partition coefficient (Wildman–Crippen LogP) is 3.48. The molecule has 0 fully saturated rings. The van der Waals surface area contributed by atoms with Crippen LogP contribution in [0.3, 0.4) is 0 Å². The molecule has 0 rings (SSSR count). The van der Waals surface area contributed by atoms with Crippen molar-refractivity contribution in [1.82, 2.24) is 0 Å². The van der Waals surface area contributed by atoms with E-state index in [1.165, 1.54) is 0 Å². The highest BCUT2D eigenvalue weighted by atomic mass is 19.4. The van der Waals surface area contributed by atoms with Crippen molar-refractivity contribution < 1.29 is 72.0 Å². The van der Waals surface area contributed by atoms with E-state index in [-0.39, 0.29) is 0 Å². The largest absolute Gasteiger partial charge is 0.460 e. The number of aliphatic hydroxyl groups is 2. The molecule has 3 atom stereocenters. The van der Waals surface area contributed by atoms with Gasteiger partial charge in [-0.15, -0.1) is 0 Å². The van der Waals surface area contributed by atoms with E-state index in [0.717, 1.165) is 0 Å². The number of aliphatic hydroxyl groups excluding tert-OH is 2. The molecule has 0 heterocycles. The van der Waals surface area contributed by atoms with E-state index >= 15 is 0 Å². The van der Waals surface area contributed by atoms with Gasteiger partial charge in [0, 0.05) is 6.61 Å². The van der Waals surface area contributed by atoms with Gasteiger partial charge in [-0.05, 0) is 6.92 Å². The maximum Gasteiger partial charge on any atom is 0.460 e. The molecule has 0 bridgehead atoms. The smallest absolute Gasteiger partial charge is 0.394 e. The summed E-state index contributed by atoms with van der Waals surface area (Å²) in [4.78, 5) is 0. The van der Waals surface area contributed by atoms with E-state index in [9.17, 15) is 57.1 Å². The highest BCUT2D eigenvalue weighted by molar-refractivity contribution is 5.16. The van der Waals surface area contributed by atoms with Gasteiger partial charge in [0.15, 0.2) is 0 Å². The fourth-order valence-electron chi connectivity index (χ4n) is 1.89. The van der Waals surface area contributed by atoms with Crippen molar-refractivity contribution in [3.05, 3.63) is 0 Å². The van der Waals surface area contributed by atoms with Gasteiger partial charge in [-0.2, -0.15) is 52.7 Å². The molecule has 0 aromatic heterocycles. The number of halogens is 13. The van der Waals surface area contributed by atoms with Crippen LogP contribution in [0, 0.1) is 0 Å². The summed E-state index contributed by atoms with van der Waals surface area (Å²) < 4.78 is 173. The van der Waals surface area contributed by atoms with Crippen molar-refractivity contribution in [2.75, 3.05) is 13.2 Å². The molecule has 0 spiro atoms. The molecule has 0 aromatic carbocycles. The summed E-state index contributed by atoms with van der Waals surface area (Å²) in [5.41, 5.74) is -6.96. The summed E-state index contributed by atoms with van der Waals surface area (Å²) in [7, 11) is 0. The van der Waals surface area contributed by atoms with Gasteiger partial charge in [-0.25, -0.2) is 4.39 Å². The highest BCUT2D eigenvalue weighted by Gasteiger charge is 2.92. The standard InChI is InChI=1S/C11H11F13O3/c1-2-27-5(4(26)3-25)6(12,10(19,20)21)7(13,14)8(15,16)9(17,18)11(22,23)24/h4-5,25-26H,2-3H2,1H3. The van der Waals surface area contributed by atoms with E-state index in [0.29, 0.717) is 6.92 Å². The van der Waals surface area contributed by atoms with E-state index in [1.54, 1.807) is 0 Å². The lowest BCUT2D eigenvalue weighted by molar-refractivity contribution is -0.443. The lowest BCUT2D eigenvalue weighted by Gasteiger charge is -2.45. The summed E-state index contributed by atoms with van der Waals surface area (Å²) in [5.74, 6) is -23.6. The van der Waals surface area contributed by atoms with Crippen LogP contribution in [-0.2, 0) is 4.74 Å². The summed E-state index contributed by atoms with van der Waals surface area (Å²) in [6.07, 6.45) is -22.3. The van der Waals surface area contributed by atoms with Crippen LogP contribution in [0.15, 0.2) is 0 Å². The first-order valence-corrected chi connectivity index (χ1v) is 6.54. The van der Waals surface area contributed by atoms with Crippen molar-refractivity contribution in [1.29, 1.82) is 0 Å². The van der Waals surface area contributed by atoms with Crippen molar-refractivity contribution in [3.8, 4) is 0 Å². The summed E-state index contributed by atoms with van der Waals surface area (Å²) in [6.45, 7) is -2.58. The minimum atomic E-state index is -7.98. The van der Waals surface area contributed by atoms with E-state index < -0.39 is 61.2 Å². The van der Waals surface area contributed by atoms with Crippen molar-refractivity contribution in [3.63, 3.8) is 0 Å². The Bertz CT molecular complexity index is 501. The number of ether oxygens (including phenoxy) is 1. The number of rotatable bonds is 8. The molecular weight excluding hydrogens is 427 g/mol. The molecule has 3 nitrogen and oxygen atoms in total. The Hall–Kier alpha value is -1.03. The number of hydrogen-bond donors (Lipinski definition) is 2. The summed E-state index contributed by atoms with van der Waals surface area (Å²) >= 11 is 0. The Morgan fingerprint density at radius 3 is 1.37 bits per heavy atom. The molecule has 0 radical (unpaired) electrons. The molecule has 164 valence electrons. The number of alkyl halides is 13. The monoisotopic (exact) mass is 438 g/mol. The van der Waals surface area contributed by atoms with Crippen LogP contribution in [0.2, 0.25) is 0 Å². The molecule has 16 heteroatoms. The fourth-order valence-corrected chi connectivity index (χ4v) is 1.89. The Morgan fingerprint density at radius 1 is 0.704 bits per heavy atom. The molecule has 0 aliphatic carbocycles. The molecule has 0 aliphatic rings. The first-order valence-electron chi connectivity index (χ1n) is 6.54. The van der Waals surface area contributed by atoms with Crippen molar-refractivity contribution in [2.24, 2.45) is 0 Å². The minimum absolute atomic E-state index is 0.661. The van der Waals surface area contributed by atoms with E-state index in [2.05, 4.69) is 4.74 Å². The van der Waals surface area contributed by atoms with Crippen LogP contribution >= 0.6 is 0 Å². The summed E-state index contributed by atoms with van der Waals surface area (Å²) in [6, 6.07) is 0. The molecule has 0 saturated heterocycles. The van der Waals surface area contributed by atoms with Gasteiger partial charge in [0.1, 0.15) is 12.2 Å². The second-order valence-corrected chi connectivity index (χ2v) is 5.06. The zero-order chi connectivity index (χ0) is 22.3. The molecule has 0 aliphatic heterocycles. The molecular formula is C11H11F13O3. The number of hydrogen-bond acceptors (Lipinski definition) is 3. The van der Waals surface area contributed by atoms with Crippen LogP contribution in [0.4, 0.5) is 57.1 Å². The highest BCUT2D eigenvalue weighted by Crippen LogP contribution is 2.61. The topological polar surface area (TPSA) is 49.7 Å². The average Bonchev–Trinajstić information content (AvgIpc) is 2.48. The van der Waals surface area contributed by atoms with Crippen molar-refractivity contribution >= 4 is 0 Å². The normalized spacial score (nSPS) is 19.6. The van der Waals surface area contributed by atoms with Gasteiger partial charge in [-0.1, -0.05) is 0 Å². The van der Waals surface area contributed by atoms with Gasteiger partial charge in [0.2, 0.25) is 0 Å². The third-order valence-corrected chi connectivity index (χ3v) is 3.29. The van der Waals surface area contributed by atoms with Gasteiger partial charge >= 0.3 is 35.8 Å². The van der Waals surface area contributed by atoms with Gasteiger partial charge in [-0.3, -0.25) is 0 Å². The van der Waals surface area contributed by atoms with Crippen LogP contribution in [0.5, 0.6) is 0 Å². The maximum atomic E-state index is 14.3. The average molecular weight is 438 g/mol. The second-order valence-electron chi connectivity index (χ2n) is 5.06. The zero-order valence-electron chi connectivity index (χ0n) is 12.8. The Kier molecular flexibility index (Phi) is 7.14. The SMILES string of the molecule is CCOC(C(O)CO)C(F)(C(F)(F)F)C(F)(F)C(F)(F)C(F)(F)C(F)(F)F. The van der Waals surface area contributed by atoms with Crippen LogP contribution in [0.1, 0.15) is 6.92 Å². The van der Waals surface area contributed by atoms with Gasteiger partial charge in [0.05, 0.1) is 6.61 Å². The predicted molar refractivity (Wildman–Crippen MR) is 59.3 cm³/mol. The van der Waals surface area contributed by atoms with Crippen LogP contribution in [0.25, 0.3) is 0 Å². The first-order chi connectivity index (χ1) is 11.7. The Labute approximate surface area is 141 Å². The fraction of sp³-hybridized carbons (Fsp3) is 1.00. The third kappa shape index (κ3) is 3.79. The van der Waals surface area contributed by atoms with E-state index in [1.807, 2.05) is 0 Å².